The highest BCUT2D eigenvalue weighted by atomic mass is 16.6. The second-order valence-corrected chi connectivity index (χ2v) is 12.5. The fourth-order valence-electron chi connectivity index (χ4n) is 6.70. The Hall–Kier alpha value is -4.07. The van der Waals surface area contributed by atoms with Gasteiger partial charge in [-0.2, -0.15) is 0 Å². The predicted octanol–water partition coefficient (Wildman–Crippen LogP) is 5.97. The molecule has 3 amide bonds. The highest BCUT2D eigenvalue weighted by Crippen LogP contribution is 2.44. The number of fused-ring (bicyclic) bond motifs is 3. The number of allylic oxidation sites excluding steroid dienone is 2. The van der Waals surface area contributed by atoms with Gasteiger partial charge in [-0.15, -0.1) is 0 Å². The zero-order chi connectivity index (χ0) is 30.6. The largest absolute Gasteiger partial charge is 0.483 e. The lowest BCUT2D eigenvalue weighted by molar-refractivity contribution is -0.135. The number of hydrogen-bond acceptors (Lipinski definition) is 5. The van der Waals surface area contributed by atoms with Crippen LogP contribution in [0, 0.1) is 0 Å². The van der Waals surface area contributed by atoms with Crippen LogP contribution in [0.15, 0.2) is 72.5 Å². The number of ether oxygens (including phenoxy) is 2. The average Bonchev–Trinajstić information content (AvgIpc) is 3.67. The molecule has 2 N–H and O–H groups in total. The summed E-state index contributed by atoms with van der Waals surface area (Å²) in [6, 6.07) is 15.3. The van der Waals surface area contributed by atoms with Crippen LogP contribution < -0.4 is 10.6 Å². The van der Waals surface area contributed by atoms with E-state index in [0.717, 1.165) is 78.5 Å². The first-order valence-electron chi connectivity index (χ1n) is 16.2. The molecule has 2 aromatic rings. The molecule has 4 aliphatic rings. The van der Waals surface area contributed by atoms with E-state index < -0.39 is 24.3 Å². The number of hydrogen-bond donors (Lipinski definition) is 2. The van der Waals surface area contributed by atoms with Crippen molar-refractivity contribution in [2.75, 3.05) is 13.2 Å². The van der Waals surface area contributed by atoms with Crippen LogP contribution in [0.4, 0.5) is 4.79 Å². The van der Waals surface area contributed by atoms with Crippen LogP contribution in [-0.4, -0.2) is 60.2 Å². The molecule has 1 saturated heterocycles. The van der Waals surface area contributed by atoms with Gasteiger partial charge in [0.05, 0.1) is 11.8 Å². The standard InChI is InChI=1S/C36H43N3O5/c1-3-11-31(33(35(41)37-24-18-19-24)44-25-12-5-4-6-13-25)38-34(40)32-20-23(2)21-39(32)36(42)43-22-30-28-16-9-7-14-26(28)27-15-8-10-17-29(27)30/h7-10,12,14-17,24,30-33H,2-6,11,13,18-22H2,1H3,(H,37,41)(H,38,40)/t31-,32-,33?/m0/s1. The zero-order valence-electron chi connectivity index (χ0n) is 25.6. The number of carbonyl (C=O) groups excluding carboxylic acids is 3. The molecule has 2 fully saturated rings. The van der Waals surface area contributed by atoms with E-state index in [4.69, 9.17) is 9.47 Å². The van der Waals surface area contributed by atoms with E-state index in [0.29, 0.717) is 12.8 Å². The Bertz CT molecular complexity index is 1400. The van der Waals surface area contributed by atoms with Crippen molar-refractivity contribution >= 4 is 17.9 Å². The summed E-state index contributed by atoms with van der Waals surface area (Å²) >= 11 is 0. The summed E-state index contributed by atoms with van der Waals surface area (Å²) in [6.07, 6.45) is 8.14. The molecule has 232 valence electrons. The van der Waals surface area contributed by atoms with Crippen LogP contribution in [0.2, 0.25) is 0 Å². The van der Waals surface area contributed by atoms with Gasteiger partial charge < -0.3 is 20.1 Å². The molecular weight excluding hydrogens is 554 g/mol. The Kier molecular flexibility index (Phi) is 9.05. The van der Waals surface area contributed by atoms with E-state index in [2.05, 4.69) is 47.6 Å². The minimum absolute atomic E-state index is 0.0738. The van der Waals surface area contributed by atoms with E-state index in [1.165, 1.54) is 4.90 Å². The molecule has 0 bridgehead atoms. The minimum Gasteiger partial charge on any atom is -0.483 e. The first-order chi connectivity index (χ1) is 21.4. The molecule has 1 saturated carbocycles. The van der Waals surface area contributed by atoms with Crippen LogP contribution in [0.1, 0.15) is 81.8 Å². The van der Waals surface area contributed by atoms with Crippen LogP contribution in [0.5, 0.6) is 0 Å². The third-order valence-corrected chi connectivity index (χ3v) is 9.13. The fourth-order valence-corrected chi connectivity index (χ4v) is 6.70. The van der Waals surface area contributed by atoms with Gasteiger partial charge in [0, 0.05) is 24.9 Å². The van der Waals surface area contributed by atoms with Crippen molar-refractivity contribution in [1.29, 1.82) is 0 Å². The van der Waals surface area contributed by atoms with Crippen LogP contribution in [-0.2, 0) is 19.1 Å². The van der Waals surface area contributed by atoms with Gasteiger partial charge >= 0.3 is 6.09 Å². The lowest BCUT2D eigenvalue weighted by Gasteiger charge is -2.31. The monoisotopic (exact) mass is 597 g/mol. The molecule has 3 aliphatic carbocycles. The Morgan fingerprint density at radius 2 is 1.73 bits per heavy atom. The number of amides is 3. The maximum atomic E-state index is 13.8. The Morgan fingerprint density at radius 1 is 1.02 bits per heavy atom. The Labute approximate surface area is 259 Å². The number of benzene rings is 2. The molecular formula is C36H43N3O5. The second kappa shape index (κ2) is 13.3. The van der Waals surface area contributed by atoms with Crippen LogP contribution in [0.25, 0.3) is 11.1 Å². The van der Waals surface area contributed by atoms with Crippen molar-refractivity contribution in [3.05, 3.63) is 83.6 Å². The first kappa shape index (κ1) is 30.0. The molecule has 3 atom stereocenters. The summed E-state index contributed by atoms with van der Waals surface area (Å²) in [7, 11) is 0. The average molecular weight is 598 g/mol. The summed E-state index contributed by atoms with van der Waals surface area (Å²) in [5.41, 5.74) is 5.37. The maximum Gasteiger partial charge on any atom is 0.410 e. The van der Waals surface area contributed by atoms with Crippen molar-refractivity contribution in [3.63, 3.8) is 0 Å². The third kappa shape index (κ3) is 6.54. The van der Waals surface area contributed by atoms with Gasteiger partial charge in [-0.05, 0) is 73.3 Å². The smallest absolute Gasteiger partial charge is 0.410 e. The Morgan fingerprint density at radius 3 is 2.36 bits per heavy atom. The molecule has 2 aromatic carbocycles. The number of likely N-dealkylation sites (tertiary alicyclic amines) is 1. The summed E-state index contributed by atoms with van der Waals surface area (Å²) < 4.78 is 12.2. The van der Waals surface area contributed by atoms with E-state index in [1.54, 1.807) is 0 Å². The number of carbonyl (C=O) groups is 3. The van der Waals surface area contributed by atoms with Crippen molar-refractivity contribution in [3.8, 4) is 11.1 Å². The van der Waals surface area contributed by atoms with Crippen LogP contribution >= 0.6 is 0 Å². The highest BCUT2D eigenvalue weighted by molar-refractivity contribution is 5.89. The van der Waals surface area contributed by atoms with Gasteiger partial charge in [-0.25, -0.2) is 4.79 Å². The van der Waals surface area contributed by atoms with Crippen molar-refractivity contribution in [2.24, 2.45) is 0 Å². The van der Waals surface area contributed by atoms with Gasteiger partial charge in [0.25, 0.3) is 5.91 Å². The second-order valence-electron chi connectivity index (χ2n) is 12.5. The number of nitrogens with zero attached hydrogens (tertiary/aromatic N) is 1. The van der Waals surface area contributed by atoms with E-state index >= 15 is 0 Å². The molecule has 1 heterocycles. The van der Waals surface area contributed by atoms with Gasteiger partial charge in [0.1, 0.15) is 12.6 Å². The summed E-state index contributed by atoms with van der Waals surface area (Å²) in [4.78, 5) is 42.2. The number of nitrogens with one attached hydrogen (secondary N) is 2. The molecule has 8 nitrogen and oxygen atoms in total. The van der Waals surface area contributed by atoms with Gasteiger partial charge in [0.2, 0.25) is 5.91 Å². The molecule has 8 heteroatoms. The molecule has 1 unspecified atom stereocenters. The van der Waals surface area contributed by atoms with Gasteiger partial charge in [-0.3, -0.25) is 14.5 Å². The quantitative estimate of drug-likeness (QED) is 0.311. The van der Waals surface area contributed by atoms with Crippen LogP contribution in [0.3, 0.4) is 0 Å². The minimum atomic E-state index is -0.837. The van der Waals surface area contributed by atoms with Gasteiger partial charge in [-0.1, -0.05) is 74.0 Å². The highest BCUT2D eigenvalue weighted by Gasteiger charge is 2.41. The topological polar surface area (TPSA) is 97.0 Å². The molecule has 0 spiro atoms. The van der Waals surface area contributed by atoms with Crippen molar-refractivity contribution < 1.29 is 23.9 Å². The molecule has 44 heavy (non-hydrogen) atoms. The fraction of sp³-hybridized carbons (Fsp3) is 0.472. The molecule has 6 rings (SSSR count). The lowest BCUT2D eigenvalue weighted by atomic mass is 9.98. The molecule has 1 aliphatic heterocycles. The zero-order valence-corrected chi connectivity index (χ0v) is 25.6. The molecule has 0 aromatic heterocycles. The van der Waals surface area contributed by atoms with Crippen molar-refractivity contribution in [1.82, 2.24) is 15.5 Å². The SMILES string of the molecule is C=C1C[C@@H](C(=O)N[C@@H](CCC)C(OC2=CCCCC2)C(=O)NC2CC2)N(C(=O)OCC2c3ccccc3-c3ccccc32)C1. The first-order valence-corrected chi connectivity index (χ1v) is 16.2. The summed E-state index contributed by atoms with van der Waals surface area (Å²) in [6.45, 7) is 6.54. The molecule has 0 radical (unpaired) electrons. The van der Waals surface area contributed by atoms with E-state index in [-0.39, 0.29) is 36.9 Å². The maximum absolute atomic E-state index is 13.8. The number of rotatable bonds is 11. The predicted molar refractivity (Wildman–Crippen MR) is 169 cm³/mol. The third-order valence-electron chi connectivity index (χ3n) is 9.13. The summed E-state index contributed by atoms with van der Waals surface area (Å²) in [5, 5.41) is 6.19. The lowest BCUT2D eigenvalue weighted by Crippen LogP contribution is -2.56. The van der Waals surface area contributed by atoms with E-state index in [9.17, 15) is 14.4 Å². The normalized spacial score (nSPS) is 20.7. The van der Waals surface area contributed by atoms with E-state index in [1.807, 2.05) is 31.2 Å². The van der Waals surface area contributed by atoms with Gasteiger partial charge in [0.15, 0.2) is 6.10 Å². The Balaban J connectivity index is 1.15. The van der Waals surface area contributed by atoms with Crippen molar-refractivity contribution in [2.45, 2.75) is 94.9 Å². The summed E-state index contributed by atoms with van der Waals surface area (Å²) in [5.74, 6) is 0.232.